The Hall–Kier alpha value is -2.47. The van der Waals surface area contributed by atoms with E-state index in [1.807, 2.05) is 48.8 Å². The van der Waals surface area contributed by atoms with E-state index in [4.69, 9.17) is 9.97 Å². The van der Waals surface area contributed by atoms with Crippen molar-refractivity contribution in [3.63, 3.8) is 0 Å². The van der Waals surface area contributed by atoms with E-state index in [1.165, 1.54) is 11.3 Å². The van der Waals surface area contributed by atoms with Gasteiger partial charge in [-0.15, -0.1) is 11.3 Å². The van der Waals surface area contributed by atoms with Gasteiger partial charge in [0.1, 0.15) is 0 Å². The van der Waals surface area contributed by atoms with Crippen LogP contribution in [-0.4, -0.2) is 36.0 Å². The number of carbonyl (C=O) groups excluding carboxylic acids is 1. The molecule has 5 nitrogen and oxygen atoms in total. The Morgan fingerprint density at radius 1 is 1.04 bits per heavy atom. The van der Waals surface area contributed by atoms with Crippen LogP contribution in [-0.2, 0) is 0 Å². The van der Waals surface area contributed by atoms with Gasteiger partial charge in [-0.05, 0) is 30.0 Å². The summed E-state index contributed by atoms with van der Waals surface area (Å²) in [6.07, 6.45) is 0.891. The van der Waals surface area contributed by atoms with Crippen molar-refractivity contribution in [2.24, 2.45) is 0 Å². The average molecular weight is 324 g/mol. The first-order valence-electron chi connectivity index (χ1n) is 7.57. The van der Waals surface area contributed by atoms with Crippen LogP contribution >= 0.6 is 11.3 Å². The minimum absolute atomic E-state index is 0.00105. The van der Waals surface area contributed by atoms with E-state index in [0.29, 0.717) is 12.4 Å². The van der Waals surface area contributed by atoms with Gasteiger partial charge in [-0.25, -0.2) is 9.97 Å². The molecule has 3 heterocycles. The number of para-hydroxylation sites is 2. The maximum atomic E-state index is 12.9. The standard InChI is InChI=1S/C17H16N4OS/c1-20-9-5-10-21(17(22)14-8-4-11-23-14)16-15(20)18-12-6-2-3-7-13(12)19-16/h2-4,6-8,11H,5,9-10H2,1H3. The quantitative estimate of drug-likeness (QED) is 0.690. The fourth-order valence-corrected chi connectivity index (χ4v) is 3.50. The topological polar surface area (TPSA) is 49.3 Å². The molecule has 0 aliphatic carbocycles. The molecule has 116 valence electrons. The highest BCUT2D eigenvalue weighted by Gasteiger charge is 2.27. The minimum Gasteiger partial charge on any atom is -0.357 e. The van der Waals surface area contributed by atoms with Gasteiger partial charge in [0, 0.05) is 20.1 Å². The molecule has 0 radical (unpaired) electrons. The second-order valence-corrected chi connectivity index (χ2v) is 6.52. The molecule has 2 aromatic heterocycles. The zero-order valence-electron chi connectivity index (χ0n) is 12.8. The first-order valence-corrected chi connectivity index (χ1v) is 8.45. The molecule has 6 heteroatoms. The fraction of sp³-hybridized carbons (Fsp3) is 0.235. The molecule has 3 aromatic rings. The SMILES string of the molecule is CN1CCCN(C(=O)c2cccs2)c2nc3ccccc3nc21. The predicted octanol–water partition coefficient (Wildman–Crippen LogP) is 3.18. The van der Waals surface area contributed by atoms with Crippen molar-refractivity contribution in [1.29, 1.82) is 0 Å². The van der Waals surface area contributed by atoms with Crippen molar-refractivity contribution in [1.82, 2.24) is 9.97 Å². The van der Waals surface area contributed by atoms with E-state index in [9.17, 15) is 4.79 Å². The molecule has 0 unspecified atom stereocenters. The number of rotatable bonds is 1. The maximum absolute atomic E-state index is 12.9. The lowest BCUT2D eigenvalue weighted by Crippen LogP contribution is -2.31. The molecule has 1 aromatic carbocycles. The molecule has 23 heavy (non-hydrogen) atoms. The summed E-state index contributed by atoms with van der Waals surface area (Å²) in [4.78, 5) is 26.9. The zero-order chi connectivity index (χ0) is 15.8. The van der Waals surface area contributed by atoms with Crippen LogP contribution in [0.1, 0.15) is 16.1 Å². The monoisotopic (exact) mass is 324 g/mol. The van der Waals surface area contributed by atoms with E-state index in [-0.39, 0.29) is 5.91 Å². The van der Waals surface area contributed by atoms with Gasteiger partial charge in [0.05, 0.1) is 15.9 Å². The van der Waals surface area contributed by atoms with Crippen LogP contribution in [0.3, 0.4) is 0 Å². The summed E-state index contributed by atoms with van der Waals surface area (Å²) in [7, 11) is 2.00. The number of aromatic nitrogens is 2. The molecule has 0 saturated heterocycles. The van der Waals surface area contributed by atoms with Crippen LogP contribution in [0.5, 0.6) is 0 Å². The first-order chi connectivity index (χ1) is 11.2. The van der Waals surface area contributed by atoms with Crippen LogP contribution < -0.4 is 9.80 Å². The number of fused-ring (bicyclic) bond motifs is 2. The first kappa shape index (κ1) is 14.1. The van der Waals surface area contributed by atoms with Crippen LogP contribution in [0.25, 0.3) is 11.0 Å². The average Bonchev–Trinajstić information content (AvgIpc) is 3.06. The third-order valence-corrected chi connectivity index (χ3v) is 4.86. The summed E-state index contributed by atoms with van der Waals surface area (Å²) in [6.45, 7) is 1.51. The number of nitrogens with zero attached hydrogens (tertiary/aromatic N) is 4. The summed E-state index contributed by atoms with van der Waals surface area (Å²) in [5, 5.41) is 1.92. The molecule has 4 rings (SSSR count). The number of hydrogen-bond acceptors (Lipinski definition) is 5. The summed E-state index contributed by atoms with van der Waals surface area (Å²) in [5.41, 5.74) is 1.66. The Morgan fingerprint density at radius 3 is 2.48 bits per heavy atom. The molecule has 0 spiro atoms. The van der Waals surface area contributed by atoms with Crippen molar-refractivity contribution in [3.05, 3.63) is 46.7 Å². The number of thiophene rings is 1. The molecule has 1 amide bonds. The lowest BCUT2D eigenvalue weighted by molar-refractivity contribution is 0.0990. The minimum atomic E-state index is 0.00105. The lowest BCUT2D eigenvalue weighted by Gasteiger charge is -2.22. The van der Waals surface area contributed by atoms with Gasteiger partial charge < -0.3 is 4.90 Å². The Labute approximate surface area is 138 Å². The highest BCUT2D eigenvalue weighted by atomic mass is 32.1. The van der Waals surface area contributed by atoms with Crippen LogP contribution in [0, 0.1) is 0 Å². The smallest absolute Gasteiger partial charge is 0.269 e. The van der Waals surface area contributed by atoms with Crippen molar-refractivity contribution in [2.75, 3.05) is 29.9 Å². The summed E-state index contributed by atoms with van der Waals surface area (Å²) in [5.74, 6) is 1.43. The molecule has 0 atom stereocenters. The maximum Gasteiger partial charge on any atom is 0.269 e. The zero-order valence-corrected chi connectivity index (χ0v) is 13.6. The van der Waals surface area contributed by atoms with E-state index in [2.05, 4.69) is 4.90 Å². The normalized spacial score (nSPS) is 14.7. The third kappa shape index (κ3) is 2.45. The summed E-state index contributed by atoms with van der Waals surface area (Å²) >= 11 is 1.46. The van der Waals surface area contributed by atoms with E-state index >= 15 is 0 Å². The highest BCUT2D eigenvalue weighted by molar-refractivity contribution is 7.12. The van der Waals surface area contributed by atoms with Crippen LogP contribution in [0.4, 0.5) is 11.6 Å². The molecule has 0 saturated carbocycles. The number of carbonyl (C=O) groups is 1. The van der Waals surface area contributed by atoms with E-state index < -0.39 is 0 Å². The summed E-state index contributed by atoms with van der Waals surface area (Å²) in [6, 6.07) is 11.5. The van der Waals surface area contributed by atoms with Gasteiger partial charge in [0.25, 0.3) is 5.91 Å². The largest absolute Gasteiger partial charge is 0.357 e. The summed E-state index contributed by atoms with van der Waals surface area (Å²) < 4.78 is 0. The van der Waals surface area contributed by atoms with Gasteiger partial charge in [0.15, 0.2) is 11.6 Å². The number of anilines is 2. The van der Waals surface area contributed by atoms with Crippen LogP contribution in [0.2, 0.25) is 0 Å². The van der Waals surface area contributed by atoms with Gasteiger partial charge in [0.2, 0.25) is 0 Å². The lowest BCUT2D eigenvalue weighted by atomic mass is 10.3. The molecule has 0 fully saturated rings. The van der Waals surface area contributed by atoms with Crippen LogP contribution in [0.15, 0.2) is 41.8 Å². The number of benzene rings is 1. The van der Waals surface area contributed by atoms with E-state index in [1.54, 1.807) is 4.90 Å². The predicted molar refractivity (Wildman–Crippen MR) is 93.4 cm³/mol. The molecule has 1 aliphatic heterocycles. The second kappa shape index (κ2) is 5.62. The Balaban J connectivity index is 1.88. The van der Waals surface area contributed by atoms with Crippen molar-refractivity contribution in [2.45, 2.75) is 6.42 Å². The third-order valence-electron chi connectivity index (χ3n) is 4.00. The van der Waals surface area contributed by atoms with Crippen molar-refractivity contribution < 1.29 is 4.79 Å². The van der Waals surface area contributed by atoms with E-state index in [0.717, 1.165) is 34.7 Å². The molecule has 0 N–H and O–H groups in total. The van der Waals surface area contributed by atoms with Gasteiger partial charge in [-0.1, -0.05) is 18.2 Å². The Morgan fingerprint density at radius 2 is 1.78 bits per heavy atom. The molecular formula is C17H16N4OS. The molecule has 0 bridgehead atoms. The Kier molecular flexibility index (Phi) is 3.46. The number of amides is 1. The van der Waals surface area contributed by atoms with Crippen molar-refractivity contribution >= 4 is 39.9 Å². The second-order valence-electron chi connectivity index (χ2n) is 5.57. The highest BCUT2D eigenvalue weighted by Crippen LogP contribution is 2.31. The molecule has 1 aliphatic rings. The fourth-order valence-electron chi connectivity index (χ4n) is 2.83. The Bertz CT molecular complexity index is 862. The molecular weight excluding hydrogens is 308 g/mol. The number of hydrogen-bond donors (Lipinski definition) is 0. The van der Waals surface area contributed by atoms with Crippen molar-refractivity contribution in [3.8, 4) is 0 Å². The van der Waals surface area contributed by atoms with Gasteiger partial charge in [-0.3, -0.25) is 9.69 Å². The van der Waals surface area contributed by atoms with Gasteiger partial charge in [-0.2, -0.15) is 0 Å². The van der Waals surface area contributed by atoms with Gasteiger partial charge >= 0.3 is 0 Å².